The van der Waals surface area contributed by atoms with E-state index in [1.54, 1.807) is 16.4 Å². The van der Waals surface area contributed by atoms with E-state index in [9.17, 15) is 8.42 Å². The molecular formula is C18H18N2O2S. The highest BCUT2D eigenvalue weighted by molar-refractivity contribution is 7.89. The fourth-order valence-corrected chi connectivity index (χ4v) is 4.95. The summed E-state index contributed by atoms with van der Waals surface area (Å²) in [4.78, 5) is 0.407. The van der Waals surface area contributed by atoms with E-state index in [4.69, 9.17) is 0 Å². The molecule has 0 N–H and O–H groups in total. The summed E-state index contributed by atoms with van der Waals surface area (Å²) in [5.41, 5.74) is 3.02. The molecule has 4 rings (SSSR count). The number of nitrogens with zero attached hydrogens (tertiary/aromatic N) is 2. The van der Waals surface area contributed by atoms with Crippen LogP contribution in [0.4, 0.5) is 0 Å². The summed E-state index contributed by atoms with van der Waals surface area (Å²) in [6.07, 6.45) is 0. The molecular weight excluding hydrogens is 308 g/mol. The third-order valence-corrected chi connectivity index (χ3v) is 6.52. The van der Waals surface area contributed by atoms with Gasteiger partial charge in [-0.05, 0) is 36.1 Å². The van der Waals surface area contributed by atoms with Gasteiger partial charge < -0.3 is 4.57 Å². The predicted molar refractivity (Wildman–Crippen MR) is 90.7 cm³/mol. The van der Waals surface area contributed by atoms with Crippen LogP contribution in [-0.2, 0) is 23.1 Å². The van der Waals surface area contributed by atoms with Crippen molar-refractivity contribution in [2.75, 3.05) is 6.54 Å². The first-order valence-corrected chi connectivity index (χ1v) is 9.14. The van der Waals surface area contributed by atoms with E-state index in [1.165, 1.54) is 5.52 Å². The number of aryl methyl sites for hydroxylation is 1. The highest BCUT2D eigenvalue weighted by Crippen LogP contribution is 2.28. The van der Waals surface area contributed by atoms with Gasteiger partial charge in [-0.15, -0.1) is 0 Å². The van der Waals surface area contributed by atoms with E-state index in [-0.39, 0.29) is 0 Å². The van der Waals surface area contributed by atoms with Crippen LogP contribution in [0.25, 0.3) is 10.9 Å². The van der Waals surface area contributed by atoms with Gasteiger partial charge in [0.2, 0.25) is 10.0 Å². The van der Waals surface area contributed by atoms with Gasteiger partial charge >= 0.3 is 0 Å². The van der Waals surface area contributed by atoms with E-state index in [2.05, 4.69) is 22.8 Å². The first-order chi connectivity index (χ1) is 11.1. The second-order valence-corrected chi connectivity index (χ2v) is 7.86. The molecule has 1 aliphatic heterocycles. The lowest BCUT2D eigenvalue weighted by Gasteiger charge is -2.28. The Morgan fingerprint density at radius 1 is 0.957 bits per heavy atom. The molecule has 0 radical (unpaired) electrons. The minimum atomic E-state index is -3.45. The van der Waals surface area contributed by atoms with Gasteiger partial charge in [0.05, 0.1) is 11.4 Å². The van der Waals surface area contributed by atoms with Crippen molar-refractivity contribution >= 4 is 20.9 Å². The normalized spacial score (nSPS) is 15.7. The monoisotopic (exact) mass is 326 g/mol. The van der Waals surface area contributed by atoms with E-state index < -0.39 is 10.0 Å². The number of aromatic nitrogens is 1. The maximum absolute atomic E-state index is 12.9. The van der Waals surface area contributed by atoms with Crippen molar-refractivity contribution < 1.29 is 8.42 Å². The van der Waals surface area contributed by atoms with Gasteiger partial charge in [-0.1, -0.05) is 36.4 Å². The van der Waals surface area contributed by atoms with Crippen molar-refractivity contribution in [1.82, 2.24) is 8.87 Å². The average molecular weight is 326 g/mol. The van der Waals surface area contributed by atoms with Crippen LogP contribution >= 0.6 is 0 Å². The van der Waals surface area contributed by atoms with Crippen molar-refractivity contribution in [3.8, 4) is 0 Å². The molecule has 4 nitrogen and oxygen atoms in total. The lowest BCUT2D eigenvalue weighted by Crippen LogP contribution is -2.38. The molecule has 3 aromatic rings. The predicted octanol–water partition coefficient (Wildman–Crippen LogP) is 3.15. The van der Waals surface area contributed by atoms with Gasteiger partial charge in [0.15, 0.2) is 0 Å². The lowest BCUT2D eigenvalue weighted by atomic mass is 10.2. The fraction of sp³-hybridized carbons (Fsp3) is 0.222. The summed E-state index contributed by atoms with van der Waals surface area (Å²) >= 11 is 0. The summed E-state index contributed by atoms with van der Waals surface area (Å²) in [6, 6.07) is 17.5. The van der Waals surface area contributed by atoms with Crippen LogP contribution in [0.1, 0.15) is 11.3 Å². The number of para-hydroxylation sites is 1. The summed E-state index contributed by atoms with van der Waals surface area (Å²) in [5, 5.41) is 1.16. The first kappa shape index (κ1) is 14.5. The molecule has 0 fully saturated rings. The molecule has 1 aromatic heterocycles. The zero-order valence-electron chi connectivity index (χ0n) is 12.9. The molecule has 0 atom stereocenters. The molecule has 0 saturated heterocycles. The van der Waals surface area contributed by atoms with Crippen molar-refractivity contribution in [1.29, 1.82) is 0 Å². The Bertz CT molecular complexity index is 989. The van der Waals surface area contributed by atoms with Crippen LogP contribution in [-0.4, -0.2) is 23.8 Å². The number of fused-ring (bicyclic) bond motifs is 3. The van der Waals surface area contributed by atoms with Crippen molar-refractivity contribution in [2.45, 2.75) is 24.9 Å². The molecule has 2 aromatic carbocycles. The van der Waals surface area contributed by atoms with E-state index in [0.29, 0.717) is 24.5 Å². The van der Waals surface area contributed by atoms with Gasteiger partial charge in [0.25, 0.3) is 0 Å². The second-order valence-electron chi connectivity index (χ2n) is 5.95. The van der Waals surface area contributed by atoms with Crippen LogP contribution in [0, 0.1) is 6.92 Å². The second kappa shape index (κ2) is 5.22. The molecule has 0 spiro atoms. The zero-order chi connectivity index (χ0) is 16.0. The molecule has 0 aliphatic carbocycles. The number of sulfonamides is 1. The maximum atomic E-state index is 12.9. The largest absolute Gasteiger partial charge is 0.342 e. The van der Waals surface area contributed by atoms with E-state index in [1.807, 2.05) is 31.2 Å². The Morgan fingerprint density at radius 2 is 1.70 bits per heavy atom. The fourth-order valence-electron chi connectivity index (χ4n) is 3.32. The smallest absolute Gasteiger partial charge is 0.243 e. The molecule has 0 saturated carbocycles. The highest BCUT2D eigenvalue weighted by Gasteiger charge is 2.30. The van der Waals surface area contributed by atoms with Crippen molar-refractivity contribution in [3.05, 3.63) is 65.9 Å². The minimum absolute atomic E-state index is 0.407. The Hall–Kier alpha value is -2.11. The van der Waals surface area contributed by atoms with Crippen LogP contribution < -0.4 is 0 Å². The lowest BCUT2D eigenvalue weighted by molar-refractivity contribution is 0.345. The third kappa shape index (κ3) is 2.28. The summed E-state index contributed by atoms with van der Waals surface area (Å²) in [5.74, 6) is 0. The molecule has 1 aliphatic rings. The number of hydrogen-bond acceptors (Lipinski definition) is 2. The molecule has 0 bridgehead atoms. The van der Waals surface area contributed by atoms with Crippen LogP contribution in [0.2, 0.25) is 0 Å². The van der Waals surface area contributed by atoms with Crippen LogP contribution in [0.5, 0.6) is 0 Å². The molecule has 118 valence electrons. The quantitative estimate of drug-likeness (QED) is 0.726. The summed E-state index contributed by atoms with van der Waals surface area (Å²) < 4.78 is 29.7. The molecule has 5 heteroatoms. The standard InChI is InChI=1S/C18H18N2O2S/c1-14-6-2-5-9-18(14)23(21,22)19-10-11-20-16(13-19)12-15-7-3-4-8-17(15)20/h2-9,12H,10-11,13H2,1H3. The molecule has 23 heavy (non-hydrogen) atoms. The van der Waals surface area contributed by atoms with Crippen LogP contribution in [0.15, 0.2) is 59.5 Å². The molecule has 0 unspecified atom stereocenters. The summed E-state index contributed by atoms with van der Waals surface area (Å²) in [6.45, 7) is 3.45. The van der Waals surface area contributed by atoms with E-state index >= 15 is 0 Å². The Labute approximate surface area is 136 Å². The summed E-state index contributed by atoms with van der Waals surface area (Å²) in [7, 11) is -3.45. The highest BCUT2D eigenvalue weighted by atomic mass is 32.2. The van der Waals surface area contributed by atoms with Gasteiger partial charge in [0.1, 0.15) is 0 Å². The van der Waals surface area contributed by atoms with Gasteiger partial charge in [-0.3, -0.25) is 0 Å². The Morgan fingerprint density at radius 3 is 2.52 bits per heavy atom. The van der Waals surface area contributed by atoms with Crippen LogP contribution in [0.3, 0.4) is 0 Å². The zero-order valence-corrected chi connectivity index (χ0v) is 13.8. The Kier molecular flexibility index (Phi) is 3.28. The van der Waals surface area contributed by atoms with Gasteiger partial charge in [0, 0.05) is 24.3 Å². The maximum Gasteiger partial charge on any atom is 0.243 e. The Balaban J connectivity index is 1.74. The van der Waals surface area contributed by atoms with Crippen molar-refractivity contribution in [3.63, 3.8) is 0 Å². The minimum Gasteiger partial charge on any atom is -0.342 e. The number of benzene rings is 2. The molecule has 2 heterocycles. The number of rotatable bonds is 2. The molecule has 0 amide bonds. The number of hydrogen-bond donors (Lipinski definition) is 0. The van der Waals surface area contributed by atoms with Gasteiger partial charge in [-0.25, -0.2) is 8.42 Å². The third-order valence-electron chi connectivity index (χ3n) is 4.52. The SMILES string of the molecule is Cc1ccccc1S(=O)(=O)N1CCn2c(cc3ccccc32)C1. The van der Waals surface area contributed by atoms with Crippen molar-refractivity contribution in [2.24, 2.45) is 0 Å². The first-order valence-electron chi connectivity index (χ1n) is 7.70. The topological polar surface area (TPSA) is 42.3 Å². The van der Waals surface area contributed by atoms with E-state index in [0.717, 1.165) is 16.6 Å². The average Bonchev–Trinajstić information content (AvgIpc) is 2.92. The van der Waals surface area contributed by atoms with Gasteiger partial charge in [-0.2, -0.15) is 4.31 Å².